The summed E-state index contributed by atoms with van der Waals surface area (Å²) >= 11 is 14.1. The van der Waals surface area contributed by atoms with Crippen LogP contribution >= 0.6 is 34.5 Å². The number of fused-ring (bicyclic) bond motifs is 1. The first kappa shape index (κ1) is 12.3. The maximum Gasteiger partial charge on any atom is 0.180 e. The highest BCUT2D eigenvalue weighted by atomic mass is 35.5. The zero-order valence-corrected chi connectivity index (χ0v) is 12.2. The molecule has 1 aromatic heterocycles. The number of hydrogen-bond donors (Lipinski definition) is 1. The van der Waals surface area contributed by atoms with Crippen molar-refractivity contribution in [2.24, 2.45) is 0 Å². The molecular weight excluding hydrogens is 287 g/mol. The molecule has 18 heavy (non-hydrogen) atoms. The van der Waals surface area contributed by atoms with E-state index < -0.39 is 0 Å². The molecule has 1 atom stereocenters. The van der Waals surface area contributed by atoms with Crippen molar-refractivity contribution in [3.8, 4) is 0 Å². The van der Waals surface area contributed by atoms with Gasteiger partial charge in [0.1, 0.15) is 0 Å². The fourth-order valence-corrected chi connectivity index (χ4v) is 4.03. The van der Waals surface area contributed by atoms with Crippen LogP contribution in [0.3, 0.4) is 0 Å². The highest BCUT2D eigenvalue weighted by Crippen LogP contribution is 2.45. The van der Waals surface area contributed by atoms with E-state index >= 15 is 0 Å². The molecule has 1 aliphatic rings. The molecule has 94 valence electrons. The maximum atomic E-state index is 6.35. The zero-order valence-electron chi connectivity index (χ0n) is 9.84. The minimum atomic E-state index is 0.292. The first-order valence-electron chi connectivity index (χ1n) is 5.77. The Bertz CT molecular complexity index is 622. The molecule has 0 saturated heterocycles. The Balaban J connectivity index is 2.09. The van der Waals surface area contributed by atoms with Crippen LogP contribution in [0, 0.1) is 6.92 Å². The fraction of sp³-hybridized carbons (Fsp3) is 0.308. The number of nitrogen functional groups attached to an aromatic ring is 1. The number of aryl methyl sites for hydroxylation is 2. The van der Waals surface area contributed by atoms with E-state index in [9.17, 15) is 0 Å². The normalized spacial score (nSPS) is 18.1. The monoisotopic (exact) mass is 298 g/mol. The van der Waals surface area contributed by atoms with Crippen LogP contribution in [0.5, 0.6) is 0 Å². The van der Waals surface area contributed by atoms with E-state index in [0.29, 0.717) is 11.0 Å². The van der Waals surface area contributed by atoms with Crippen molar-refractivity contribution in [1.82, 2.24) is 4.98 Å². The summed E-state index contributed by atoms with van der Waals surface area (Å²) in [7, 11) is 0. The van der Waals surface area contributed by atoms with Gasteiger partial charge in [-0.15, -0.1) is 11.3 Å². The topological polar surface area (TPSA) is 38.9 Å². The Kier molecular flexibility index (Phi) is 3.00. The number of hydrogen-bond acceptors (Lipinski definition) is 3. The largest absolute Gasteiger partial charge is 0.375 e. The summed E-state index contributed by atoms with van der Waals surface area (Å²) in [5.74, 6) is 0.292. The van der Waals surface area contributed by atoms with Gasteiger partial charge in [-0.2, -0.15) is 0 Å². The van der Waals surface area contributed by atoms with Gasteiger partial charge in [0.05, 0.1) is 5.69 Å². The molecule has 0 amide bonds. The van der Waals surface area contributed by atoms with E-state index in [2.05, 4.69) is 4.98 Å². The Morgan fingerprint density at radius 2 is 2.11 bits per heavy atom. The molecule has 0 bridgehead atoms. The fourth-order valence-electron chi connectivity index (χ4n) is 2.47. The lowest BCUT2D eigenvalue weighted by Crippen LogP contribution is -1.96. The Hall–Kier alpha value is -0.770. The average Bonchev–Trinajstić information content (AvgIpc) is 2.82. The molecule has 1 aliphatic carbocycles. The van der Waals surface area contributed by atoms with Crippen molar-refractivity contribution < 1.29 is 0 Å². The molecule has 0 saturated carbocycles. The molecular formula is C13H12Cl2N2S. The third kappa shape index (κ3) is 1.91. The van der Waals surface area contributed by atoms with Crippen molar-refractivity contribution >= 4 is 39.7 Å². The van der Waals surface area contributed by atoms with Gasteiger partial charge in [-0.05, 0) is 43.0 Å². The van der Waals surface area contributed by atoms with Crippen molar-refractivity contribution in [1.29, 1.82) is 0 Å². The van der Waals surface area contributed by atoms with Gasteiger partial charge in [-0.25, -0.2) is 4.98 Å². The molecule has 1 aromatic carbocycles. The minimum Gasteiger partial charge on any atom is -0.375 e. The highest BCUT2D eigenvalue weighted by Gasteiger charge is 2.29. The van der Waals surface area contributed by atoms with E-state index in [1.54, 1.807) is 11.3 Å². The Labute approximate surface area is 120 Å². The Morgan fingerprint density at radius 3 is 2.89 bits per heavy atom. The second-order valence-corrected chi connectivity index (χ2v) is 6.45. The van der Waals surface area contributed by atoms with Crippen LogP contribution in [0.4, 0.5) is 5.13 Å². The van der Waals surface area contributed by atoms with Gasteiger partial charge < -0.3 is 5.73 Å². The number of aromatic nitrogens is 1. The van der Waals surface area contributed by atoms with Gasteiger partial charge in [0, 0.05) is 20.8 Å². The molecule has 0 aliphatic heterocycles. The molecule has 2 aromatic rings. The summed E-state index contributed by atoms with van der Waals surface area (Å²) in [6.45, 7) is 1.96. The summed E-state index contributed by atoms with van der Waals surface area (Å²) in [5.41, 5.74) is 8.99. The summed E-state index contributed by atoms with van der Waals surface area (Å²) in [6.07, 6.45) is 2.00. The Morgan fingerprint density at radius 1 is 1.33 bits per heavy atom. The predicted molar refractivity (Wildman–Crippen MR) is 77.9 cm³/mol. The number of rotatable bonds is 1. The van der Waals surface area contributed by atoms with Gasteiger partial charge in [0.15, 0.2) is 5.13 Å². The summed E-state index contributed by atoms with van der Waals surface area (Å²) in [6, 6.07) is 3.91. The summed E-state index contributed by atoms with van der Waals surface area (Å²) in [4.78, 5) is 5.60. The standard InChI is InChI=1S/C13H12Cl2N2S/c1-6-4-10(15)8(5-9(6)14)7-2-3-11-12(7)18-13(16)17-11/h4-5,7H,2-3H2,1H3,(H2,16,17). The van der Waals surface area contributed by atoms with Gasteiger partial charge in [-0.3, -0.25) is 0 Å². The molecule has 0 radical (unpaired) electrons. The molecule has 2 nitrogen and oxygen atoms in total. The lowest BCUT2D eigenvalue weighted by Gasteiger charge is -2.13. The van der Waals surface area contributed by atoms with Gasteiger partial charge >= 0.3 is 0 Å². The van der Waals surface area contributed by atoms with Gasteiger partial charge in [-0.1, -0.05) is 23.2 Å². The second kappa shape index (κ2) is 4.41. The number of anilines is 1. The number of halogens is 2. The summed E-state index contributed by atoms with van der Waals surface area (Å²) < 4.78 is 0. The van der Waals surface area contributed by atoms with Gasteiger partial charge in [0.2, 0.25) is 0 Å². The predicted octanol–water partition coefficient (Wildman–Crippen LogP) is 4.42. The first-order valence-corrected chi connectivity index (χ1v) is 7.34. The quantitative estimate of drug-likeness (QED) is 0.846. The molecule has 2 N–H and O–H groups in total. The first-order chi connectivity index (χ1) is 8.56. The van der Waals surface area contributed by atoms with Crippen LogP contribution in [0.2, 0.25) is 10.0 Å². The van der Waals surface area contributed by atoms with Gasteiger partial charge in [0.25, 0.3) is 0 Å². The number of thiazole rings is 1. The lowest BCUT2D eigenvalue weighted by atomic mass is 9.97. The molecule has 3 rings (SSSR count). The van der Waals surface area contributed by atoms with Crippen molar-refractivity contribution in [3.63, 3.8) is 0 Å². The van der Waals surface area contributed by atoms with Crippen molar-refractivity contribution in [2.75, 3.05) is 5.73 Å². The molecule has 0 fully saturated rings. The molecule has 0 spiro atoms. The number of nitrogens with zero attached hydrogens (tertiary/aromatic N) is 1. The van der Waals surface area contributed by atoms with Crippen LogP contribution in [-0.4, -0.2) is 4.98 Å². The van der Waals surface area contributed by atoms with Crippen LogP contribution in [0.15, 0.2) is 12.1 Å². The minimum absolute atomic E-state index is 0.292. The molecule has 5 heteroatoms. The third-order valence-electron chi connectivity index (χ3n) is 3.38. The van der Waals surface area contributed by atoms with Crippen LogP contribution in [-0.2, 0) is 6.42 Å². The van der Waals surface area contributed by atoms with Crippen LogP contribution in [0.25, 0.3) is 0 Å². The second-order valence-electron chi connectivity index (χ2n) is 4.58. The summed E-state index contributed by atoms with van der Waals surface area (Å²) in [5, 5.41) is 2.18. The van der Waals surface area contributed by atoms with Crippen molar-refractivity contribution in [3.05, 3.63) is 43.9 Å². The third-order valence-corrected chi connectivity index (χ3v) is 5.16. The maximum absolute atomic E-state index is 6.35. The number of benzene rings is 1. The van der Waals surface area contributed by atoms with E-state index in [1.807, 2.05) is 19.1 Å². The lowest BCUT2D eigenvalue weighted by molar-refractivity contribution is 0.790. The highest BCUT2D eigenvalue weighted by molar-refractivity contribution is 7.15. The SMILES string of the molecule is Cc1cc(Cl)c(C2CCc3nc(N)sc32)cc1Cl. The van der Waals surface area contributed by atoms with Crippen LogP contribution < -0.4 is 5.73 Å². The van der Waals surface area contributed by atoms with Crippen LogP contribution in [0.1, 0.15) is 34.0 Å². The van der Waals surface area contributed by atoms with E-state index in [4.69, 9.17) is 28.9 Å². The number of nitrogens with two attached hydrogens (primary N) is 1. The van der Waals surface area contributed by atoms with E-state index in [1.165, 1.54) is 4.88 Å². The molecule has 1 heterocycles. The van der Waals surface area contributed by atoms with Crippen molar-refractivity contribution in [2.45, 2.75) is 25.7 Å². The zero-order chi connectivity index (χ0) is 12.9. The van der Waals surface area contributed by atoms with E-state index in [0.717, 1.165) is 39.7 Å². The molecule has 1 unspecified atom stereocenters. The average molecular weight is 299 g/mol. The smallest absolute Gasteiger partial charge is 0.180 e. The van der Waals surface area contributed by atoms with E-state index in [-0.39, 0.29) is 0 Å².